The molecule has 0 aliphatic carbocycles. The van der Waals surface area contributed by atoms with Crippen LogP contribution in [-0.4, -0.2) is 26.2 Å². The Kier molecular flexibility index (Phi) is 6.04. The monoisotopic (exact) mass is 227 g/mol. The SMILES string of the molecule is COCCCNC(=O)CCc1ccsc1. The van der Waals surface area contributed by atoms with Gasteiger partial charge in [-0.25, -0.2) is 0 Å². The maximum atomic E-state index is 11.4. The number of nitrogens with one attached hydrogen (secondary N) is 1. The molecule has 0 saturated heterocycles. The second-order valence-electron chi connectivity index (χ2n) is 3.33. The van der Waals surface area contributed by atoms with Crippen molar-refractivity contribution in [3.05, 3.63) is 22.4 Å². The highest BCUT2D eigenvalue weighted by Gasteiger charge is 2.01. The molecule has 15 heavy (non-hydrogen) atoms. The summed E-state index contributed by atoms with van der Waals surface area (Å²) in [7, 11) is 1.67. The topological polar surface area (TPSA) is 38.3 Å². The average molecular weight is 227 g/mol. The fraction of sp³-hybridized carbons (Fsp3) is 0.545. The van der Waals surface area contributed by atoms with E-state index in [9.17, 15) is 4.79 Å². The molecule has 0 saturated carbocycles. The van der Waals surface area contributed by atoms with E-state index in [0.717, 1.165) is 12.8 Å². The number of carbonyl (C=O) groups excluding carboxylic acids is 1. The van der Waals surface area contributed by atoms with Crippen LogP contribution in [0.15, 0.2) is 16.8 Å². The first-order valence-corrected chi connectivity index (χ1v) is 6.04. The van der Waals surface area contributed by atoms with E-state index in [1.54, 1.807) is 18.4 Å². The minimum atomic E-state index is 0.123. The molecule has 0 aromatic carbocycles. The summed E-state index contributed by atoms with van der Waals surface area (Å²) in [6.45, 7) is 1.40. The maximum Gasteiger partial charge on any atom is 0.220 e. The van der Waals surface area contributed by atoms with Crippen molar-refractivity contribution in [2.45, 2.75) is 19.3 Å². The van der Waals surface area contributed by atoms with Crippen molar-refractivity contribution in [1.82, 2.24) is 5.32 Å². The van der Waals surface area contributed by atoms with Gasteiger partial charge < -0.3 is 10.1 Å². The van der Waals surface area contributed by atoms with Crippen LogP contribution in [0.5, 0.6) is 0 Å². The van der Waals surface area contributed by atoms with E-state index in [0.29, 0.717) is 19.6 Å². The predicted octanol–water partition coefficient (Wildman–Crippen LogP) is 1.83. The van der Waals surface area contributed by atoms with Crippen molar-refractivity contribution in [2.24, 2.45) is 0 Å². The second-order valence-corrected chi connectivity index (χ2v) is 4.11. The highest BCUT2D eigenvalue weighted by atomic mass is 32.1. The number of rotatable bonds is 7. The largest absolute Gasteiger partial charge is 0.385 e. The highest BCUT2D eigenvalue weighted by molar-refractivity contribution is 7.07. The van der Waals surface area contributed by atoms with Gasteiger partial charge in [-0.05, 0) is 35.2 Å². The van der Waals surface area contributed by atoms with Crippen LogP contribution in [0.1, 0.15) is 18.4 Å². The molecule has 4 heteroatoms. The number of aryl methyl sites for hydroxylation is 1. The van der Waals surface area contributed by atoms with Crippen LogP contribution in [0.4, 0.5) is 0 Å². The molecule has 1 N–H and O–H groups in total. The van der Waals surface area contributed by atoms with Gasteiger partial charge in [-0.3, -0.25) is 4.79 Å². The zero-order valence-corrected chi connectivity index (χ0v) is 9.81. The van der Waals surface area contributed by atoms with E-state index in [2.05, 4.69) is 16.8 Å². The van der Waals surface area contributed by atoms with Gasteiger partial charge in [0.1, 0.15) is 0 Å². The molecule has 0 unspecified atom stereocenters. The second kappa shape index (κ2) is 7.43. The molecule has 1 heterocycles. The Bertz CT molecular complexity index is 272. The summed E-state index contributed by atoms with van der Waals surface area (Å²) in [5.74, 6) is 0.123. The molecule has 3 nitrogen and oxygen atoms in total. The minimum absolute atomic E-state index is 0.123. The minimum Gasteiger partial charge on any atom is -0.385 e. The lowest BCUT2D eigenvalue weighted by Gasteiger charge is -2.03. The molecule has 0 bridgehead atoms. The Hall–Kier alpha value is -0.870. The molecular formula is C11H17NO2S. The molecule has 1 rings (SSSR count). The normalized spacial score (nSPS) is 10.2. The van der Waals surface area contributed by atoms with E-state index < -0.39 is 0 Å². The maximum absolute atomic E-state index is 11.4. The van der Waals surface area contributed by atoms with Crippen molar-refractivity contribution in [3.8, 4) is 0 Å². The fourth-order valence-electron chi connectivity index (χ4n) is 1.23. The highest BCUT2D eigenvalue weighted by Crippen LogP contribution is 2.07. The van der Waals surface area contributed by atoms with Crippen LogP contribution in [-0.2, 0) is 16.0 Å². The van der Waals surface area contributed by atoms with Gasteiger partial charge in [0.15, 0.2) is 0 Å². The molecule has 0 atom stereocenters. The van der Waals surface area contributed by atoms with Crippen molar-refractivity contribution < 1.29 is 9.53 Å². The summed E-state index contributed by atoms with van der Waals surface area (Å²) in [6, 6.07) is 2.06. The Morgan fingerprint density at radius 2 is 2.47 bits per heavy atom. The van der Waals surface area contributed by atoms with Crippen LogP contribution >= 0.6 is 11.3 Å². The van der Waals surface area contributed by atoms with Crippen LogP contribution < -0.4 is 5.32 Å². The Labute approximate surface area is 94.5 Å². The van der Waals surface area contributed by atoms with Gasteiger partial charge in [-0.15, -0.1) is 0 Å². The molecule has 1 aromatic heterocycles. The number of amides is 1. The third-order valence-corrected chi connectivity index (χ3v) is 2.80. The quantitative estimate of drug-likeness (QED) is 0.722. The zero-order chi connectivity index (χ0) is 10.9. The molecule has 1 amide bonds. The average Bonchev–Trinajstić information content (AvgIpc) is 2.74. The first-order valence-electron chi connectivity index (χ1n) is 5.09. The summed E-state index contributed by atoms with van der Waals surface area (Å²) in [4.78, 5) is 11.4. The molecular weight excluding hydrogens is 210 g/mol. The lowest BCUT2D eigenvalue weighted by atomic mass is 10.2. The summed E-state index contributed by atoms with van der Waals surface area (Å²) in [6.07, 6.45) is 2.28. The Morgan fingerprint density at radius 3 is 3.13 bits per heavy atom. The molecule has 0 aliphatic heterocycles. The van der Waals surface area contributed by atoms with Crippen molar-refractivity contribution >= 4 is 17.2 Å². The Balaban J connectivity index is 2.04. The van der Waals surface area contributed by atoms with Gasteiger partial charge in [0.2, 0.25) is 5.91 Å². The van der Waals surface area contributed by atoms with E-state index in [4.69, 9.17) is 4.74 Å². The van der Waals surface area contributed by atoms with Crippen LogP contribution in [0.2, 0.25) is 0 Å². The predicted molar refractivity (Wildman–Crippen MR) is 62.1 cm³/mol. The van der Waals surface area contributed by atoms with Crippen molar-refractivity contribution in [2.75, 3.05) is 20.3 Å². The number of hydrogen-bond acceptors (Lipinski definition) is 3. The van der Waals surface area contributed by atoms with E-state index >= 15 is 0 Å². The summed E-state index contributed by atoms with van der Waals surface area (Å²) in [5, 5.41) is 6.98. The van der Waals surface area contributed by atoms with Gasteiger partial charge in [0.05, 0.1) is 0 Å². The number of thiophene rings is 1. The van der Waals surface area contributed by atoms with Crippen molar-refractivity contribution in [1.29, 1.82) is 0 Å². The standard InChI is InChI=1S/C11H17NO2S/c1-14-7-2-6-12-11(13)4-3-10-5-8-15-9-10/h5,8-9H,2-4,6-7H2,1H3,(H,12,13). The number of methoxy groups -OCH3 is 1. The smallest absolute Gasteiger partial charge is 0.220 e. The molecule has 0 radical (unpaired) electrons. The fourth-order valence-corrected chi connectivity index (χ4v) is 1.93. The molecule has 0 fully saturated rings. The van der Waals surface area contributed by atoms with E-state index in [-0.39, 0.29) is 5.91 Å². The molecule has 84 valence electrons. The van der Waals surface area contributed by atoms with Gasteiger partial charge in [-0.1, -0.05) is 0 Å². The van der Waals surface area contributed by atoms with Gasteiger partial charge in [0.25, 0.3) is 0 Å². The summed E-state index contributed by atoms with van der Waals surface area (Å²) in [5.41, 5.74) is 1.24. The van der Waals surface area contributed by atoms with Crippen LogP contribution in [0.3, 0.4) is 0 Å². The summed E-state index contributed by atoms with van der Waals surface area (Å²) < 4.78 is 4.89. The lowest BCUT2D eigenvalue weighted by molar-refractivity contribution is -0.121. The lowest BCUT2D eigenvalue weighted by Crippen LogP contribution is -2.25. The third kappa shape index (κ3) is 5.54. The molecule has 0 spiro atoms. The number of hydrogen-bond donors (Lipinski definition) is 1. The molecule has 0 aliphatic rings. The van der Waals surface area contributed by atoms with Crippen molar-refractivity contribution in [3.63, 3.8) is 0 Å². The number of carbonyl (C=O) groups is 1. The van der Waals surface area contributed by atoms with E-state index in [1.165, 1.54) is 5.56 Å². The third-order valence-electron chi connectivity index (χ3n) is 2.07. The summed E-state index contributed by atoms with van der Waals surface area (Å²) >= 11 is 1.67. The van der Waals surface area contributed by atoms with E-state index in [1.807, 2.05) is 5.38 Å². The number of ether oxygens (including phenoxy) is 1. The zero-order valence-electron chi connectivity index (χ0n) is 8.99. The first-order chi connectivity index (χ1) is 7.33. The van der Waals surface area contributed by atoms with Crippen LogP contribution in [0.25, 0.3) is 0 Å². The van der Waals surface area contributed by atoms with Gasteiger partial charge >= 0.3 is 0 Å². The van der Waals surface area contributed by atoms with Gasteiger partial charge in [-0.2, -0.15) is 11.3 Å². The van der Waals surface area contributed by atoms with Crippen LogP contribution in [0, 0.1) is 0 Å². The first kappa shape index (κ1) is 12.2. The molecule has 1 aromatic rings. The van der Waals surface area contributed by atoms with Gasteiger partial charge in [0, 0.05) is 26.7 Å². The Morgan fingerprint density at radius 1 is 1.60 bits per heavy atom.